The van der Waals surface area contributed by atoms with E-state index in [1.165, 1.54) is 11.1 Å². The number of rotatable bonds is 6. The predicted molar refractivity (Wildman–Crippen MR) is 124 cm³/mol. The monoisotopic (exact) mass is 446 g/mol. The second-order valence-corrected chi connectivity index (χ2v) is 9.01. The van der Waals surface area contributed by atoms with Crippen LogP contribution in [0, 0.1) is 13.8 Å². The maximum atomic E-state index is 13.1. The molecule has 0 spiro atoms. The van der Waals surface area contributed by atoms with Crippen molar-refractivity contribution in [3.63, 3.8) is 0 Å². The Hall–Kier alpha value is -3.29. The van der Waals surface area contributed by atoms with E-state index in [1.807, 2.05) is 4.90 Å². The van der Waals surface area contributed by atoms with E-state index >= 15 is 0 Å². The minimum absolute atomic E-state index is 0.0243. The third-order valence-corrected chi connectivity index (χ3v) is 6.81. The second kappa shape index (κ2) is 9.29. The molecular formula is C25H30N6O2. The molecule has 2 aliphatic heterocycles. The molecule has 1 fully saturated rings. The number of aryl methyl sites for hydroxylation is 2. The molecule has 2 aliphatic rings. The Morgan fingerprint density at radius 2 is 1.91 bits per heavy atom. The Balaban J connectivity index is 1.38. The maximum absolute atomic E-state index is 13.1. The quantitative estimate of drug-likeness (QED) is 0.573. The number of carbonyl (C=O) groups excluding carboxylic acids is 1. The van der Waals surface area contributed by atoms with Crippen molar-refractivity contribution in [2.24, 2.45) is 0 Å². The summed E-state index contributed by atoms with van der Waals surface area (Å²) in [5.41, 5.74) is 4.88. The molecule has 33 heavy (non-hydrogen) atoms. The number of aromatic nitrogens is 4. The minimum Gasteiger partial charge on any atom is -0.356 e. The van der Waals surface area contributed by atoms with Gasteiger partial charge in [-0.2, -0.15) is 0 Å². The van der Waals surface area contributed by atoms with Crippen LogP contribution < -0.4 is 4.90 Å². The van der Waals surface area contributed by atoms with Crippen molar-refractivity contribution < 1.29 is 9.42 Å². The van der Waals surface area contributed by atoms with Gasteiger partial charge in [0.25, 0.3) is 0 Å². The highest BCUT2D eigenvalue weighted by atomic mass is 16.6. The zero-order chi connectivity index (χ0) is 22.8. The van der Waals surface area contributed by atoms with Crippen molar-refractivity contribution in [3.8, 4) is 0 Å². The molecule has 4 heterocycles. The lowest BCUT2D eigenvalue weighted by Gasteiger charge is -2.32. The van der Waals surface area contributed by atoms with Crippen molar-refractivity contribution in [2.75, 3.05) is 24.5 Å². The first-order chi connectivity index (χ1) is 16.1. The first-order valence-electron chi connectivity index (χ1n) is 11.8. The largest absolute Gasteiger partial charge is 0.356 e. The smallest absolute Gasteiger partial charge is 0.229 e. The Labute approximate surface area is 194 Å². The van der Waals surface area contributed by atoms with Gasteiger partial charge in [0.2, 0.25) is 5.91 Å². The third-order valence-electron chi connectivity index (χ3n) is 6.81. The van der Waals surface area contributed by atoms with Crippen LogP contribution in [0.4, 0.5) is 5.82 Å². The van der Waals surface area contributed by atoms with Gasteiger partial charge in [0.15, 0.2) is 5.82 Å². The topological polar surface area (TPSA) is 88.2 Å². The molecule has 1 amide bonds. The van der Waals surface area contributed by atoms with Gasteiger partial charge in [-0.25, -0.2) is 14.6 Å². The number of carbonyl (C=O) groups is 1. The number of amides is 1. The lowest BCUT2D eigenvalue weighted by Crippen LogP contribution is -2.36. The normalized spacial score (nSPS) is 17.9. The highest BCUT2D eigenvalue weighted by Crippen LogP contribution is 2.34. The average Bonchev–Trinajstić information content (AvgIpc) is 3.48. The van der Waals surface area contributed by atoms with Crippen LogP contribution in [0.3, 0.4) is 0 Å². The van der Waals surface area contributed by atoms with Crippen molar-refractivity contribution >= 4 is 11.7 Å². The number of anilines is 1. The SMILES string of the molecule is Cc1nonc1CC(=O)N1CCC[C@@H]1c1nc(C)c2c(n1)N(CCc1ccccc1)CCC2. The van der Waals surface area contributed by atoms with Crippen LogP contribution in [0.5, 0.6) is 0 Å². The molecule has 1 saturated heterocycles. The third kappa shape index (κ3) is 4.47. The Morgan fingerprint density at radius 3 is 2.70 bits per heavy atom. The summed E-state index contributed by atoms with van der Waals surface area (Å²) in [6.07, 6.45) is 5.13. The maximum Gasteiger partial charge on any atom is 0.229 e. The molecule has 0 saturated carbocycles. The highest BCUT2D eigenvalue weighted by molar-refractivity contribution is 5.79. The van der Waals surface area contributed by atoms with Gasteiger partial charge >= 0.3 is 0 Å². The summed E-state index contributed by atoms with van der Waals surface area (Å²) in [7, 11) is 0. The Kier molecular flexibility index (Phi) is 6.07. The van der Waals surface area contributed by atoms with E-state index in [9.17, 15) is 4.79 Å². The van der Waals surface area contributed by atoms with E-state index in [1.54, 1.807) is 6.92 Å². The minimum atomic E-state index is -0.0976. The fourth-order valence-corrected chi connectivity index (χ4v) is 4.97. The standard InChI is InChI=1S/C25H30N6O2/c1-17-20-10-6-13-30(15-12-19-8-4-3-5-9-19)25(20)27-24(26-17)22-11-7-14-31(22)23(32)16-21-18(2)28-33-29-21/h3-5,8-9,22H,6-7,10-16H2,1-2H3/t22-/m1/s1. The molecule has 3 aromatic rings. The first-order valence-corrected chi connectivity index (χ1v) is 11.8. The van der Waals surface area contributed by atoms with Crippen molar-refractivity contribution in [3.05, 3.63) is 64.4 Å². The molecule has 1 atom stereocenters. The van der Waals surface area contributed by atoms with E-state index in [-0.39, 0.29) is 18.4 Å². The van der Waals surface area contributed by atoms with E-state index in [0.29, 0.717) is 17.9 Å². The van der Waals surface area contributed by atoms with Crippen LogP contribution in [0.2, 0.25) is 0 Å². The number of hydrogen-bond acceptors (Lipinski definition) is 7. The molecule has 1 aromatic carbocycles. The van der Waals surface area contributed by atoms with Gasteiger partial charge in [0.05, 0.1) is 12.5 Å². The van der Waals surface area contributed by atoms with Gasteiger partial charge in [-0.15, -0.1) is 0 Å². The summed E-state index contributed by atoms with van der Waals surface area (Å²) in [6.45, 7) is 6.53. The van der Waals surface area contributed by atoms with Crippen LogP contribution in [0.1, 0.15) is 59.3 Å². The van der Waals surface area contributed by atoms with E-state index in [4.69, 9.17) is 14.6 Å². The molecule has 0 N–H and O–H groups in total. The first kappa shape index (κ1) is 21.6. The lowest BCUT2D eigenvalue weighted by atomic mass is 10.0. The highest BCUT2D eigenvalue weighted by Gasteiger charge is 2.34. The molecule has 8 nitrogen and oxygen atoms in total. The van der Waals surface area contributed by atoms with Crippen molar-refractivity contribution in [1.29, 1.82) is 0 Å². The average molecular weight is 447 g/mol. The van der Waals surface area contributed by atoms with Crippen molar-refractivity contribution in [1.82, 2.24) is 25.2 Å². The van der Waals surface area contributed by atoms with Gasteiger partial charge in [0.1, 0.15) is 17.2 Å². The summed E-state index contributed by atoms with van der Waals surface area (Å²) in [6, 6.07) is 10.5. The van der Waals surface area contributed by atoms with E-state index in [2.05, 4.69) is 52.5 Å². The Morgan fingerprint density at radius 1 is 1.06 bits per heavy atom. The van der Waals surface area contributed by atoms with Crippen LogP contribution >= 0.6 is 0 Å². The molecular weight excluding hydrogens is 416 g/mol. The van der Waals surface area contributed by atoms with E-state index in [0.717, 1.165) is 62.5 Å². The zero-order valence-electron chi connectivity index (χ0n) is 19.3. The lowest BCUT2D eigenvalue weighted by molar-refractivity contribution is -0.131. The molecule has 172 valence electrons. The molecule has 0 radical (unpaired) electrons. The molecule has 2 aromatic heterocycles. The number of fused-ring (bicyclic) bond motifs is 1. The molecule has 5 rings (SSSR count). The summed E-state index contributed by atoms with van der Waals surface area (Å²) in [5, 5.41) is 7.67. The Bertz CT molecular complexity index is 1130. The summed E-state index contributed by atoms with van der Waals surface area (Å²) >= 11 is 0. The predicted octanol–water partition coefficient (Wildman–Crippen LogP) is 3.38. The molecule has 0 bridgehead atoms. The number of hydrogen-bond donors (Lipinski definition) is 0. The van der Waals surface area contributed by atoms with Gasteiger partial charge in [0, 0.05) is 30.9 Å². The van der Waals surface area contributed by atoms with Crippen LogP contribution in [-0.2, 0) is 24.1 Å². The van der Waals surface area contributed by atoms with Gasteiger partial charge in [-0.1, -0.05) is 40.6 Å². The van der Waals surface area contributed by atoms with Gasteiger partial charge < -0.3 is 9.80 Å². The fourth-order valence-electron chi connectivity index (χ4n) is 4.97. The van der Waals surface area contributed by atoms with Crippen LogP contribution in [-0.4, -0.2) is 50.7 Å². The van der Waals surface area contributed by atoms with E-state index < -0.39 is 0 Å². The molecule has 0 unspecified atom stereocenters. The molecule has 0 aliphatic carbocycles. The molecule has 8 heteroatoms. The van der Waals surface area contributed by atoms with Gasteiger partial charge in [-0.3, -0.25) is 4.79 Å². The van der Waals surface area contributed by atoms with Crippen molar-refractivity contribution in [2.45, 2.75) is 58.4 Å². The summed E-state index contributed by atoms with van der Waals surface area (Å²) < 4.78 is 4.76. The number of likely N-dealkylation sites (tertiary alicyclic amines) is 1. The van der Waals surface area contributed by atoms with Gasteiger partial charge in [-0.05, 0) is 51.5 Å². The summed E-state index contributed by atoms with van der Waals surface area (Å²) in [4.78, 5) is 27.4. The summed E-state index contributed by atoms with van der Waals surface area (Å²) in [5.74, 6) is 1.84. The van der Waals surface area contributed by atoms with Crippen LogP contribution in [0.15, 0.2) is 35.0 Å². The van der Waals surface area contributed by atoms with Crippen LogP contribution in [0.25, 0.3) is 0 Å². The zero-order valence-corrected chi connectivity index (χ0v) is 19.3. The fraction of sp³-hybridized carbons (Fsp3) is 0.480. The number of nitrogens with zero attached hydrogens (tertiary/aromatic N) is 6. The number of benzene rings is 1. The second-order valence-electron chi connectivity index (χ2n) is 9.01.